The Morgan fingerprint density at radius 2 is 2.11 bits per heavy atom. The minimum Gasteiger partial charge on any atom is -0.481 e. The molecule has 0 spiro atoms. The second kappa shape index (κ2) is 6.04. The molecule has 6 nitrogen and oxygen atoms in total. The number of amides is 1. The third kappa shape index (κ3) is 5.35. The SMILES string of the molecule is CC(C)(C)OC(=O)N1CCO[C@@H](CCC(=O)O)C1. The predicted octanol–water partition coefficient (Wildman–Crippen LogP) is 1.49. The number of carboxylic acid groups (broad SMARTS) is 1. The van der Waals surface area contributed by atoms with Crippen molar-refractivity contribution in [2.75, 3.05) is 19.7 Å². The zero-order valence-corrected chi connectivity index (χ0v) is 11.1. The van der Waals surface area contributed by atoms with Gasteiger partial charge in [0.15, 0.2) is 0 Å². The van der Waals surface area contributed by atoms with E-state index in [1.54, 1.807) is 4.90 Å². The third-order valence-electron chi connectivity index (χ3n) is 2.47. The Bertz CT molecular complexity index is 310. The second-order valence-electron chi connectivity index (χ2n) is 5.35. The van der Waals surface area contributed by atoms with Crippen LogP contribution >= 0.6 is 0 Å². The van der Waals surface area contributed by atoms with Crippen LogP contribution in [0.1, 0.15) is 33.6 Å². The van der Waals surface area contributed by atoms with Crippen molar-refractivity contribution < 1.29 is 24.2 Å². The van der Waals surface area contributed by atoms with E-state index in [0.717, 1.165) is 0 Å². The molecule has 0 aromatic heterocycles. The zero-order valence-electron chi connectivity index (χ0n) is 11.1. The first-order valence-corrected chi connectivity index (χ1v) is 6.09. The molecular formula is C12H21NO5. The van der Waals surface area contributed by atoms with Gasteiger partial charge in [0, 0.05) is 13.0 Å². The summed E-state index contributed by atoms with van der Waals surface area (Å²) in [4.78, 5) is 23.9. The van der Waals surface area contributed by atoms with E-state index in [9.17, 15) is 9.59 Å². The van der Waals surface area contributed by atoms with Crippen LogP contribution in [-0.4, -0.2) is 53.5 Å². The van der Waals surface area contributed by atoms with Crippen LogP contribution < -0.4 is 0 Å². The first-order chi connectivity index (χ1) is 8.28. The highest BCUT2D eigenvalue weighted by molar-refractivity contribution is 5.68. The zero-order chi connectivity index (χ0) is 13.8. The number of aliphatic carboxylic acids is 1. The third-order valence-corrected chi connectivity index (χ3v) is 2.47. The molecular weight excluding hydrogens is 238 g/mol. The summed E-state index contributed by atoms with van der Waals surface area (Å²) < 4.78 is 10.7. The Hall–Kier alpha value is -1.30. The van der Waals surface area contributed by atoms with Gasteiger partial charge in [-0.1, -0.05) is 0 Å². The monoisotopic (exact) mass is 259 g/mol. The van der Waals surface area contributed by atoms with Gasteiger partial charge in [0.25, 0.3) is 0 Å². The van der Waals surface area contributed by atoms with E-state index < -0.39 is 11.6 Å². The van der Waals surface area contributed by atoms with Crippen LogP contribution in [-0.2, 0) is 14.3 Å². The van der Waals surface area contributed by atoms with E-state index in [4.69, 9.17) is 14.6 Å². The Labute approximate surface area is 107 Å². The highest BCUT2D eigenvalue weighted by Gasteiger charge is 2.28. The van der Waals surface area contributed by atoms with Gasteiger partial charge in [0.2, 0.25) is 0 Å². The van der Waals surface area contributed by atoms with Crippen molar-refractivity contribution in [3.63, 3.8) is 0 Å². The van der Waals surface area contributed by atoms with E-state index in [1.165, 1.54) is 0 Å². The lowest BCUT2D eigenvalue weighted by Crippen LogP contribution is -2.47. The van der Waals surface area contributed by atoms with Gasteiger partial charge in [0.05, 0.1) is 19.3 Å². The summed E-state index contributed by atoms with van der Waals surface area (Å²) in [6.07, 6.45) is -0.130. The first-order valence-electron chi connectivity index (χ1n) is 6.09. The summed E-state index contributed by atoms with van der Waals surface area (Å²) >= 11 is 0. The van der Waals surface area contributed by atoms with Gasteiger partial charge in [-0.15, -0.1) is 0 Å². The van der Waals surface area contributed by atoms with Crippen LogP contribution in [0, 0.1) is 0 Å². The van der Waals surface area contributed by atoms with Crippen LogP contribution in [0.4, 0.5) is 4.79 Å². The van der Waals surface area contributed by atoms with Gasteiger partial charge in [-0.05, 0) is 27.2 Å². The molecule has 0 aromatic carbocycles. The van der Waals surface area contributed by atoms with Crippen molar-refractivity contribution >= 4 is 12.1 Å². The fraction of sp³-hybridized carbons (Fsp3) is 0.833. The number of carbonyl (C=O) groups excluding carboxylic acids is 1. The predicted molar refractivity (Wildman–Crippen MR) is 64.4 cm³/mol. The minimum atomic E-state index is -0.854. The fourth-order valence-electron chi connectivity index (χ4n) is 1.67. The average molecular weight is 259 g/mol. The van der Waals surface area contributed by atoms with Crippen LogP contribution in [0.3, 0.4) is 0 Å². The van der Waals surface area contributed by atoms with Crippen LogP contribution in [0.5, 0.6) is 0 Å². The molecule has 1 rings (SSSR count). The Kier molecular flexibility index (Phi) is 4.95. The van der Waals surface area contributed by atoms with Gasteiger partial charge in [0.1, 0.15) is 5.60 Å². The number of ether oxygens (including phenoxy) is 2. The van der Waals surface area contributed by atoms with Gasteiger partial charge in [-0.2, -0.15) is 0 Å². The molecule has 1 heterocycles. The Balaban J connectivity index is 2.43. The summed E-state index contributed by atoms with van der Waals surface area (Å²) in [5, 5.41) is 8.61. The number of morpholine rings is 1. The van der Waals surface area contributed by atoms with Crippen LogP contribution in [0.25, 0.3) is 0 Å². The largest absolute Gasteiger partial charge is 0.481 e. The first kappa shape index (κ1) is 14.8. The molecule has 0 bridgehead atoms. The van der Waals surface area contributed by atoms with Crippen LogP contribution in [0.2, 0.25) is 0 Å². The molecule has 1 fully saturated rings. The molecule has 6 heteroatoms. The standard InChI is InChI=1S/C12H21NO5/c1-12(2,3)18-11(16)13-6-7-17-9(8-13)4-5-10(14)15/h9H,4-8H2,1-3H3,(H,14,15)/t9-/m0/s1. The lowest BCUT2D eigenvalue weighted by molar-refractivity contribution is -0.138. The highest BCUT2D eigenvalue weighted by atomic mass is 16.6. The minimum absolute atomic E-state index is 0.0484. The second-order valence-corrected chi connectivity index (χ2v) is 5.35. The summed E-state index contributed by atoms with van der Waals surface area (Å²) in [5.41, 5.74) is -0.522. The van der Waals surface area contributed by atoms with E-state index in [2.05, 4.69) is 0 Å². The average Bonchev–Trinajstić information content (AvgIpc) is 2.24. The summed E-state index contributed by atoms with van der Waals surface area (Å²) in [7, 11) is 0. The highest BCUT2D eigenvalue weighted by Crippen LogP contribution is 2.15. The molecule has 1 N–H and O–H groups in total. The van der Waals surface area contributed by atoms with Gasteiger partial charge < -0.3 is 19.5 Å². The maximum atomic E-state index is 11.8. The number of carboxylic acids is 1. The summed E-state index contributed by atoms with van der Waals surface area (Å²) in [6.45, 7) is 6.73. The summed E-state index contributed by atoms with van der Waals surface area (Å²) in [5.74, 6) is -0.854. The number of carbonyl (C=O) groups is 2. The van der Waals surface area contributed by atoms with Crippen molar-refractivity contribution in [3.05, 3.63) is 0 Å². The molecule has 0 aromatic rings. The quantitative estimate of drug-likeness (QED) is 0.831. The molecule has 0 unspecified atom stereocenters. The van der Waals surface area contributed by atoms with E-state index in [-0.39, 0.29) is 18.6 Å². The molecule has 0 radical (unpaired) electrons. The topological polar surface area (TPSA) is 76.1 Å². The molecule has 1 saturated heterocycles. The van der Waals surface area contributed by atoms with Crippen molar-refractivity contribution in [1.29, 1.82) is 0 Å². The van der Waals surface area contributed by atoms with Crippen molar-refractivity contribution in [2.45, 2.75) is 45.3 Å². The van der Waals surface area contributed by atoms with Crippen molar-refractivity contribution in [3.8, 4) is 0 Å². The molecule has 1 amide bonds. The lowest BCUT2D eigenvalue weighted by Gasteiger charge is -2.34. The van der Waals surface area contributed by atoms with Crippen molar-refractivity contribution in [1.82, 2.24) is 4.90 Å². The summed E-state index contributed by atoms with van der Waals surface area (Å²) in [6, 6.07) is 0. The molecule has 0 aliphatic carbocycles. The Morgan fingerprint density at radius 3 is 2.67 bits per heavy atom. The smallest absolute Gasteiger partial charge is 0.410 e. The molecule has 1 aliphatic heterocycles. The molecule has 1 aliphatic rings. The fourth-order valence-corrected chi connectivity index (χ4v) is 1.67. The molecule has 1 atom stereocenters. The van der Waals surface area contributed by atoms with E-state index in [0.29, 0.717) is 26.1 Å². The normalized spacial score (nSPS) is 20.6. The number of rotatable bonds is 3. The van der Waals surface area contributed by atoms with Gasteiger partial charge >= 0.3 is 12.1 Å². The number of hydrogen-bond acceptors (Lipinski definition) is 4. The van der Waals surface area contributed by atoms with Gasteiger partial charge in [-0.25, -0.2) is 4.79 Å². The van der Waals surface area contributed by atoms with Gasteiger partial charge in [-0.3, -0.25) is 4.79 Å². The molecule has 0 saturated carbocycles. The van der Waals surface area contributed by atoms with E-state index >= 15 is 0 Å². The Morgan fingerprint density at radius 1 is 1.44 bits per heavy atom. The van der Waals surface area contributed by atoms with Crippen molar-refractivity contribution in [2.24, 2.45) is 0 Å². The van der Waals surface area contributed by atoms with Crippen LogP contribution in [0.15, 0.2) is 0 Å². The maximum Gasteiger partial charge on any atom is 0.410 e. The molecule has 104 valence electrons. The van der Waals surface area contributed by atoms with E-state index in [1.807, 2.05) is 20.8 Å². The number of nitrogens with zero attached hydrogens (tertiary/aromatic N) is 1. The molecule has 18 heavy (non-hydrogen) atoms. The number of hydrogen-bond donors (Lipinski definition) is 1. The maximum absolute atomic E-state index is 11.8. The lowest BCUT2D eigenvalue weighted by atomic mass is 10.1.